The Balaban J connectivity index is 2.40. The Morgan fingerprint density at radius 2 is 1.55 bits per heavy atom. The first-order valence-corrected chi connectivity index (χ1v) is 9.03. The maximum absolute atomic E-state index is 9.99. The molecule has 2 rings (SSSR count). The first kappa shape index (κ1) is 16.5. The molecule has 104 valence electrons. The number of halogens is 4. The van der Waals surface area contributed by atoms with Crippen LogP contribution >= 0.6 is 77.0 Å². The SMILES string of the molecule is Oc1c(Br)cc(N=Cc2cc(I)cc(I)c2O)cc1Br. The average molecular weight is 623 g/mol. The number of aliphatic imine (C=N–C) groups is 1. The summed E-state index contributed by atoms with van der Waals surface area (Å²) in [5.74, 6) is 0.349. The molecule has 0 spiro atoms. The van der Waals surface area contributed by atoms with E-state index in [4.69, 9.17) is 0 Å². The van der Waals surface area contributed by atoms with Crippen molar-refractivity contribution in [1.82, 2.24) is 0 Å². The van der Waals surface area contributed by atoms with Gasteiger partial charge in [0.15, 0.2) is 0 Å². The summed E-state index contributed by atoms with van der Waals surface area (Å²) in [6, 6.07) is 7.15. The molecule has 2 aromatic carbocycles. The van der Waals surface area contributed by atoms with E-state index in [9.17, 15) is 10.2 Å². The van der Waals surface area contributed by atoms with Crippen LogP contribution in [0.4, 0.5) is 5.69 Å². The minimum Gasteiger partial charge on any atom is -0.506 e. The summed E-state index contributed by atoms with van der Waals surface area (Å²) in [7, 11) is 0. The van der Waals surface area contributed by atoms with Crippen LogP contribution in [0.1, 0.15) is 5.56 Å². The topological polar surface area (TPSA) is 52.8 Å². The molecule has 2 aromatic rings. The predicted octanol–water partition coefficient (Wildman–Crippen LogP) is 5.58. The smallest absolute Gasteiger partial charge is 0.144 e. The molecule has 0 aliphatic heterocycles. The zero-order chi connectivity index (χ0) is 14.9. The van der Waals surface area contributed by atoms with E-state index in [1.54, 1.807) is 18.3 Å². The van der Waals surface area contributed by atoms with Crippen LogP contribution in [0.15, 0.2) is 38.2 Å². The van der Waals surface area contributed by atoms with Crippen LogP contribution in [0.25, 0.3) is 0 Å². The summed E-state index contributed by atoms with van der Waals surface area (Å²) in [5.41, 5.74) is 1.32. The Labute approximate surface area is 160 Å². The van der Waals surface area contributed by atoms with Gasteiger partial charge in [-0.25, -0.2) is 0 Å². The molecule has 0 radical (unpaired) electrons. The van der Waals surface area contributed by atoms with E-state index in [0.29, 0.717) is 20.2 Å². The summed E-state index contributed by atoms with van der Waals surface area (Å²) in [4.78, 5) is 4.32. The van der Waals surface area contributed by atoms with Crippen molar-refractivity contribution in [1.29, 1.82) is 0 Å². The van der Waals surface area contributed by atoms with Crippen molar-refractivity contribution in [3.8, 4) is 11.5 Å². The minimum atomic E-state index is 0.135. The Hall–Kier alpha value is 0.130. The lowest BCUT2D eigenvalue weighted by molar-refractivity contribution is 0.468. The Morgan fingerprint density at radius 1 is 0.950 bits per heavy atom. The van der Waals surface area contributed by atoms with E-state index < -0.39 is 0 Å². The van der Waals surface area contributed by atoms with Gasteiger partial charge in [-0.1, -0.05) is 0 Å². The molecule has 0 bridgehead atoms. The molecule has 0 fully saturated rings. The largest absolute Gasteiger partial charge is 0.506 e. The molecular formula is C13H7Br2I2NO2. The van der Waals surface area contributed by atoms with Gasteiger partial charge in [0.25, 0.3) is 0 Å². The fourth-order valence-corrected chi connectivity index (χ4v) is 4.51. The monoisotopic (exact) mass is 621 g/mol. The molecule has 2 N–H and O–H groups in total. The van der Waals surface area contributed by atoms with E-state index in [0.717, 1.165) is 7.14 Å². The van der Waals surface area contributed by atoms with Gasteiger partial charge in [-0.2, -0.15) is 0 Å². The third-order valence-electron chi connectivity index (χ3n) is 2.41. The second-order valence-corrected chi connectivity index (χ2v) is 7.96. The molecule has 0 aliphatic carbocycles. The number of phenols is 2. The lowest BCUT2D eigenvalue weighted by Crippen LogP contribution is -1.87. The Morgan fingerprint density at radius 3 is 2.15 bits per heavy atom. The molecule has 0 saturated heterocycles. The molecule has 0 saturated carbocycles. The van der Waals surface area contributed by atoms with Gasteiger partial charge in [-0.05, 0) is 101 Å². The first-order valence-electron chi connectivity index (χ1n) is 5.28. The molecule has 0 amide bonds. The van der Waals surface area contributed by atoms with Crippen molar-refractivity contribution in [2.45, 2.75) is 0 Å². The van der Waals surface area contributed by atoms with E-state index in [1.165, 1.54) is 0 Å². The zero-order valence-electron chi connectivity index (χ0n) is 9.74. The average Bonchev–Trinajstić information content (AvgIpc) is 2.38. The molecule has 0 atom stereocenters. The predicted molar refractivity (Wildman–Crippen MR) is 104 cm³/mol. The van der Waals surface area contributed by atoms with Crippen LogP contribution in [-0.2, 0) is 0 Å². The molecule has 7 heteroatoms. The minimum absolute atomic E-state index is 0.135. The molecule has 0 aromatic heterocycles. The molecule has 0 aliphatic rings. The van der Waals surface area contributed by atoms with Gasteiger partial charge in [0.1, 0.15) is 11.5 Å². The molecule has 0 heterocycles. The summed E-state index contributed by atoms with van der Waals surface area (Å²) < 4.78 is 2.92. The highest BCUT2D eigenvalue weighted by atomic mass is 127. The summed E-state index contributed by atoms with van der Waals surface area (Å²) in [5, 5.41) is 19.6. The fraction of sp³-hybridized carbons (Fsp3) is 0. The van der Waals surface area contributed by atoms with E-state index in [1.807, 2.05) is 12.1 Å². The summed E-state index contributed by atoms with van der Waals surface area (Å²) >= 11 is 10.8. The van der Waals surface area contributed by atoms with Crippen molar-refractivity contribution >= 4 is 88.9 Å². The lowest BCUT2D eigenvalue weighted by Gasteiger charge is -2.04. The highest BCUT2D eigenvalue weighted by Gasteiger charge is 2.07. The normalized spacial score (nSPS) is 11.2. The summed E-state index contributed by atoms with van der Waals surface area (Å²) in [6.45, 7) is 0. The number of hydrogen-bond acceptors (Lipinski definition) is 3. The maximum atomic E-state index is 9.99. The second kappa shape index (κ2) is 6.93. The molecule has 20 heavy (non-hydrogen) atoms. The third kappa shape index (κ3) is 3.86. The van der Waals surface area contributed by atoms with Crippen LogP contribution in [0.2, 0.25) is 0 Å². The highest BCUT2D eigenvalue weighted by Crippen LogP contribution is 2.36. The van der Waals surface area contributed by atoms with Gasteiger partial charge in [-0.15, -0.1) is 0 Å². The number of benzene rings is 2. The molecular weight excluding hydrogens is 616 g/mol. The third-order valence-corrected chi connectivity index (χ3v) is 5.07. The van der Waals surface area contributed by atoms with Gasteiger partial charge in [-0.3, -0.25) is 4.99 Å². The zero-order valence-corrected chi connectivity index (χ0v) is 17.2. The van der Waals surface area contributed by atoms with Crippen molar-refractivity contribution < 1.29 is 10.2 Å². The van der Waals surface area contributed by atoms with Crippen LogP contribution in [-0.4, -0.2) is 16.4 Å². The number of aromatic hydroxyl groups is 2. The number of rotatable bonds is 2. The Bertz CT molecular complexity index is 682. The number of phenolic OH excluding ortho intramolecular Hbond substituents is 2. The van der Waals surface area contributed by atoms with E-state index >= 15 is 0 Å². The van der Waals surface area contributed by atoms with Crippen molar-refractivity contribution in [3.05, 3.63) is 45.9 Å². The number of hydrogen-bond donors (Lipinski definition) is 2. The van der Waals surface area contributed by atoms with Gasteiger partial charge < -0.3 is 10.2 Å². The first-order chi connectivity index (χ1) is 9.38. The van der Waals surface area contributed by atoms with Crippen molar-refractivity contribution in [3.63, 3.8) is 0 Å². The summed E-state index contributed by atoms with van der Waals surface area (Å²) in [6.07, 6.45) is 1.60. The molecule has 0 unspecified atom stereocenters. The van der Waals surface area contributed by atoms with Crippen LogP contribution in [0.5, 0.6) is 11.5 Å². The highest BCUT2D eigenvalue weighted by molar-refractivity contribution is 14.1. The maximum Gasteiger partial charge on any atom is 0.144 e. The van der Waals surface area contributed by atoms with Crippen molar-refractivity contribution in [2.75, 3.05) is 0 Å². The van der Waals surface area contributed by atoms with Crippen molar-refractivity contribution in [2.24, 2.45) is 4.99 Å². The van der Waals surface area contributed by atoms with Gasteiger partial charge in [0.05, 0.1) is 18.2 Å². The van der Waals surface area contributed by atoms with Crippen LogP contribution in [0.3, 0.4) is 0 Å². The van der Waals surface area contributed by atoms with Gasteiger partial charge in [0, 0.05) is 15.3 Å². The van der Waals surface area contributed by atoms with E-state index in [-0.39, 0.29) is 11.5 Å². The van der Waals surface area contributed by atoms with Gasteiger partial charge >= 0.3 is 0 Å². The van der Waals surface area contributed by atoms with Crippen LogP contribution in [0, 0.1) is 7.14 Å². The quantitative estimate of drug-likeness (QED) is 0.340. The lowest BCUT2D eigenvalue weighted by atomic mass is 10.2. The van der Waals surface area contributed by atoms with Gasteiger partial charge in [0.2, 0.25) is 0 Å². The fourth-order valence-electron chi connectivity index (χ4n) is 1.46. The Kier molecular flexibility index (Phi) is 5.71. The standard InChI is InChI=1S/C13H7Br2I2NO2/c14-9-3-8(4-10(15)13(9)20)18-5-6-1-7(16)2-11(17)12(6)19/h1-5,19-20H. The van der Waals surface area contributed by atoms with E-state index in [2.05, 4.69) is 82.0 Å². The molecule has 3 nitrogen and oxygen atoms in total. The second-order valence-electron chi connectivity index (χ2n) is 3.84. The van der Waals surface area contributed by atoms with Crippen LogP contribution < -0.4 is 0 Å². The number of nitrogens with zero attached hydrogens (tertiary/aromatic N) is 1.